The van der Waals surface area contributed by atoms with Gasteiger partial charge in [0, 0.05) is 19.3 Å². The van der Waals surface area contributed by atoms with Crippen molar-refractivity contribution in [1.82, 2.24) is 0 Å². The third-order valence-electron chi connectivity index (χ3n) is 3.26. The number of nitrogens with two attached hydrogens (primary N) is 1. The Morgan fingerprint density at radius 1 is 1.59 bits per heavy atom. The van der Waals surface area contributed by atoms with E-state index in [2.05, 4.69) is 6.07 Å². The van der Waals surface area contributed by atoms with Crippen molar-refractivity contribution in [3.05, 3.63) is 30.1 Å². The van der Waals surface area contributed by atoms with Crippen molar-refractivity contribution < 1.29 is 4.39 Å². The lowest BCUT2D eigenvalue weighted by Crippen LogP contribution is -2.50. The van der Waals surface area contributed by atoms with Crippen LogP contribution in [0.4, 0.5) is 10.1 Å². The molecule has 0 spiro atoms. The number of nitriles is 1. The Bertz CT molecular complexity index is 450. The summed E-state index contributed by atoms with van der Waals surface area (Å²) in [5.41, 5.74) is 6.01. The minimum absolute atomic E-state index is 0.277. The fraction of sp³-hybridized carbons (Fsp3) is 0.462. The molecule has 0 heterocycles. The highest BCUT2D eigenvalue weighted by Crippen LogP contribution is 2.38. The van der Waals surface area contributed by atoms with Gasteiger partial charge in [-0.15, -0.1) is 0 Å². The maximum Gasteiger partial charge on any atom is 0.125 e. The highest BCUT2D eigenvalue weighted by molar-refractivity contribution is 5.46. The lowest BCUT2D eigenvalue weighted by atomic mass is 9.96. The van der Waals surface area contributed by atoms with Crippen LogP contribution in [0.25, 0.3) is 0 Å². The number of hydrogen-bond donors (Lipinski definition) is 1. The molecule has 1 aliphatic carbocycles. The Labute approximate surface area is 101 Å². The van der Waals surface area contributed by atoms with Crippen molar-refractivity contribution in [2.75, 3.05) is 18.5 Å². The second-order valence-electron chi connectivity index (χ2n) is 4.76. The van der Waals surface area contributed by atoms with Crippen LogP contribution in [0, 0.1) is 23.1 Å². The summed E-state index contributed by atoms with van der Waals surface area (Å²) in [6.07, 6.45) is 2.03. The van der Waals surface area contributed by atoms with Gasteiger partial charge in [0.1, 0.15) is 11.4 Å². The minimum Gasteiger partial charge on any atom is -0.372 e. The normalized spacial score (nSPS) is 18.2. The molecule has 2 rings (SSSR count). The van der Waals surface area contributed by atoms with Crippen LogP contribution < -0.4 is 10.6 Å². The quantitative estimate of drug-likeness (QED) is 0.864. The van der Waals surface area contributed by atoms with Crippen molar-refractivity contribution in [1.29, 1.82) is 5.26 Å². The summed E-state index contributed by atoms with van der Waals surface area (Å²) in [6, 6.07) is 8.52. The topological polar surface area (TPSA) is 53.0 Å². The lowest BCUT2D eigenvalue weighted by Gasteiger charge is -2.29. The zero-order valence-electron chi connectivity index (χ0n) is 9.86. The fourth-order valence-electron chi connectivity index (χ4n) is 2.05. The summed E-state index contributed by atoms with van der Waals surface area (Å²) in [4.78, 5) is 1.84. The van der Waals surface area contributed by atoms with E-state index in [1.165, 1.54) is 12.1 Å². The SMILES string of the molecule is CN(CC(N)(C#N)C1CC1)c1cccc(F)c1. The maximum atomic E-state index is 13.1. The molecule has 3 nitrogen and oxygen atoms in total. The van der Waals surface area contributed by atoms with Gasteiger partial charge in [-0.1, -0.05) is 6.07 Å². The number of benzene rings is 1. The van der Waals surface area contributed by atoms with Crippen LogP contribution >= 0.6 is 0 Å². The number of anilines is 1. The van der Waals surface area contributed by atoms with Gasteiger partial charge >= 0.3 is 0 Å². The van der Waals surface area contributed by atoms with E-state index in [0.29, 0.717) is 6.54 Å². The molecule has 0 aliphatic heterocycles. The molecule has 0 amide bonds. The van der Waals surface area contributed by atoms with Gasteiger partial charge in [0.2, 0.25) is 0 Å². The summed E-state index contributed by atoms with van der Waals surface area (Å²) >= 11 is 0. The van der Waals surface area contributed by atoms with Gasteiger partial charge in [0.25, 0.3) is 0 Å². The zero-order chi connectivity index (χ0) is 12.5. The van der Waals surface area contributed by atoms with Gasteiger partial charge in [-0.2, -0.15) is 5.26 Å². The molecular formula is C13H16FN3. The molecule has 17 heavy (non-hydrogen) atoms. The molecule has 0 aromatic heterocycles. The van der Waals surface area contributed by atoms with E-state index in [9.17, 15) is 9.65 Å². The lowest BCUT2D eigenvalue weighted by molar-refractivity contribution is 0.476. The minimum atomic E-state index is -0.818. The Morgan fingerprint density at radius 2 is 2.29 bits per heavy atom. The molecule has 1 fully saturated rings. The van der Waals surface area contributed by atoms with E-state index in [1.807, 2.05) is 18.0 Å². The van der Waals surface area contributed by atoms with Crippen LogP contribution in [-0.4, -0.2) is 19.1 Å². The van der Waals surface area contributed by atoms with Gasteiger partial charge < -0.3 is 10.6 Å². The standard InChI is InChI=1S/C13H16FN3/c1-17(12-4-2-3-11(14)7-12)9-13(16,8-15)10-5-6-10/h2-4,7,10H,5-6,9,16H2,1H3. The van der Waals surface area contributed by atoms with Crippen LogP contribution in [0.5, 0.6) is 0 Å². The molecule has 1 saturated carbocycles. The predicted octanol–water partition coefficient (Wildman–Crippen LogP) is 1.89. The average molecular weight is 233 g/mol. The Morgan fingerprint density at radius 3 is 2.82 bits per heavy atom. The Hall–Kier alpha value is -1.60. The van der Waals surface area contributed by atoms with E-state index >= 15 is 0 Å². The third kappa shape index (κ3) is 2.56. The number of rotatable bonds is 4. The average Bonchev–Trinajstić information content (AvgIpc) is 3.13. The van der Waals surface area contributed by atoms with E-state index in [1.54, 1.807) is 6.07 Å². The first kappa shape index (κ1) is 11.9. The second kappa shape index (κ2) is 4.34. The van der Waals surface area contributed by atoms with Gasteiger partial charge in [0.05, 0.1) is 6.07 Å². The Balaban J connectivity index is 2.11. The van der Waals surface area contributed by atoms with Crippen molar-refractivity contribution >= 4 is 5.69 Å². The Kier molecular flexibility index (Phi) is 3.03. The molecule has 0 radical (unpaired) electrons. The van der Waals surface area contributed by atoms with Gasteiger partial charge in [0.15, 0.2) is 0 Å². The monoisotopic (exact) mass is 233 g/mol. The van der Waals surface area contributed by atoms with Crippen molar-refractivity contribution in [3.8, 4) is 6.07 Å². The van der Waals surface area contributed by atoms with Gasteiger partial charge in [-0.3, -0.25) is 0 Å². The summed E-state index contributed by atoms with van der Waals surface area (Å²) in [7, 11) is 1.83. The van der Waals surface area contributed by atoms with Crippen LogP contribution in [0.2, 0.25) is 0 Å². The third-order valence-corrected chi connectivity index (χ3v) is 3.26. The van der Waals surface area contributed by atoms with Crippen molar-refractivity contribution in [3.63, 3.8) is 0 Å². The zero-order valence-corrected chi connectivity index (χ0v) is 9.86. The smallest absolute Gasteiger partial charge is 0.125 e. The molecule has 1 unspecified atom stereocenters. The van der Waals surface area contributed by atoms with Crippen LogP contribution in [0.3, 0.4) is 0 Å². The van der Waals surface area contributed by atoms with Crippen molar-refractivity contribution in [2.24, 2.45) is 11.7 Å². The molecule has 1 atom stereocenters. The highest BCUT2D eigenvalue weighted by atomic mass is 19.1. The molecule has 1 aliphatic rings. The summed E-state index contributed by atoms with van der Waals surface area (Å²) in [5.74, 6) is 0.00357. The molecule has 4 heteroatoms. The maximum absolute atomic E-state index is 13.1. The first-order valence-corrected chi connectivity index (χ1v) is 5.72. The number of halogens is 1. The molecule has 2 N–H and O–H groups in total. The van der Waals surface area contributed by atoms with Crippen LogP contribution in [0.1, 0.15) is 12.8 Å². The predicted molar refractivity (Wildman–Crippen MR) is 64.9 cm³/mol. The largest absolute Gasteiger partial charge is 0.372 e. The second-order valence-corrected chi connectivity index (χ2v) is 4.76. The molecule has 0 bridgehead atoms. The molecule has 1 aromatic rings. The van der Waals surface area contributed by atoms with Crippen LogP contribution in [0.15, 0.2) is 24.3 Å². The van der Waals surface area contributed by atoms with E-state index in [4.69, 9.17) is 5.73 Å². The number of hydrogen-bond acceptors (Lipinski definition) is 3. The summed E-state index contributed by atoms with van der Waals surface area (Å²) < 4.78 is 13.1. The van der Waals surface area contributed by atoms with Crippen molar-refractivity contribution in [2.45, 2.75) is 18.4 Å². The van der Waals surface area contributed by atoms with E-state index in [0.717, 1.165) is 18.5 Å². The van der Waals surface area contributed by atoms with Gasteiger partial charge in [-0.05, 0) is 37.0 Å². The first-order valence-electron chi connectivity index (χ1n) is 5.72. The first-order chi connectivity index (χ1) is 8.05. The molecular weight excluding hydrogens is 217 g/mol. The molecule has 1 aromatic carbocycles. The van der Waals surface area contributed by atoms with E-state index in [-0.39, 0.29) is 11.7 Å². The summed E-state index contributed by atoms with van der Waals surface area (Å²) in [5, 5.41) is 9.17. The molecule has 0 saturated heterocycles. The van der Waals surface area contributed by atoms with Gasteiger partial charge in [-0.25, -0.2) is 4.39 Å². The van der Waals surface area contributed by atoms with Crippen LogP contribution in [-0.2, 0) is 0 Å². The number of nitrogens with zero attached hydrogens (tertiary/aromatic N) is 2. The number of likely N-dealkylation sites (N-methyl/N-ethyl adjacent to an activating group) is 1. The molecule has 90 valence electrons. The fourth-order valence-corrected chi connectivity index (χ4v) is 2.05. The summed E-state index contributed by atoms with van der Waals surface area (Å²) in [6.45, 7) is 0.428. The highest BCUT2D eigenvalue weighted by Gasteiger charge is 2.43. The van der Waals surface area contributed by atoms with E-state index < -0.39 is 5.54 Å².